The maximum atomic E-state index is 13.0. The van der Waals surface area contributed by atoms with Gasteiger partial charge in [0.2, 0.25) is 10.0 Å². The zero-order chi connectivity index (χ0) is 19.4. The Hall–Kier alpha value is -2.05. The summed E-state index contributed by atoms with van der Waals surface area (Å²) in [7, 11) is -1.80. The van der Waals surface area contributed by atoms with E-state index in [0.29, 0.717) is 37.0 Å². The van der Waals surface area contributed by atoms with E-state index < -0.39 is 10.0 Å². The molecule has 1 unspecified atom stereocenters. The SMILES string of the molecule is CCC(C)c1ccc(S(=O)(=O)N2CCN(c3cccc(OC)c3)CC2)cc1. The number of anilines is 1. The lowest BCUT2D eigenvalue weighted by Gasteiger charge is -2.35. The molecule has 0 saturated carbocycles. The number of ether oxygens (including phenoxy) is 1. The number of methoxy groups -OCH3 is 1. The topological polar surface area (TPSA) is 49.9 Å². The van der Waals surface area contributed by atoms with Crippen LogP contribution in [0.4, 0.5) is 5.69 Å². The van der Waals surface area contributed by atoms with E-state index in [0.717, 1.165) is 17.9 Å². The summed E-state index contributed by atoms with van der Waals surface area (Å²) in [6.07, 6.45) is 1.04. The van der Waals surface area contributed by atoms with Gasteiger partial charge >= 0.3 is 0 Å². The first-order chi connectivity index (χ1) is 13.0. The molecule has 1 saturated heterocycles. The van der Waals surface area contributed by atoms with Crippen LogP contribution in [0.3, 0.4) is 0 Å². The molecule has 0 aromatic heterocycles. The number of hydrogen-bond donors (Lipinski definition) is 0. The number of hydrogen-bond acceptors (Lipinski definition) is 4. The van der Waals surface area contributed by atoms with Gasteiger partial charge in [0.05, 0.1) is 12.0 Å². The zero-order valence-electron chi connectivity index (χ0n) is 16.3. The predicted octanol–water partition coefficient (Wildman–Crippen LogP) is 3.72. The molecule has 0 aliphatic carbocycles. The van der Waals surface area contributed by atoms with Crippen LogP contribution in [-0.2, 0) is 10.0 Å². The van der Waals surface area contributed by atoms with Crippen molar-refractivity contribution in [2.75, 3.05) is 38.2 Å². The Balaban J connectivity index is 1.69. The molecule has 27 heavy (non-hydrogen) atoms. The Bertz CT molecular complexity index is 857. The summed E-state index contributed by atoms with van der Waals surface area (Å²) < 4.78 is 32.8. The molecule has 1 heterocycles. The van der Waals surface area contributed by atoms with Crippen LogP contribution in [-0.4, -0.2) is 46.0 Å². The molecule has 0 radical (unpaired) electrons. The molecule has 2 aromatic carbocycles. The molecule has 0 N–H and O–H groups in total. The molecule has 5 nitrogen and oxygen atoms in total. The molecular formula is C21H28N2O3S. The van der Waals surface area contributed by atoms with Gasteiger partial charge in [0, 0.05) is 37.9 Å². The lowest BCUT2D eigenvalue weighted by Crippen LogP contribution is -2.48. The van der Waals surface area contributed by atoms with Gasteiger partial charge in [-0.3, -0.25) is 0 Å². The van der Waals surface area contributed by atoms with E-state index in [9.17, 15) is 8.42 Å². The van der Waals surface area contributed by atoms with Crippen molar-refractivity contribution in [2.24, 2.45) is 0 Å². The normalized spacial score (nSPS) is 16.9. The summed E-state index contributed by atoms with van der Waals surface area (Å²) in [6, 6.07) is 15.2. The molecule has 3 rings (SSSR count). The summed E-state index contributed by atoms with van der Waals surface area (Å²) in [4.78, 5) is 2.57. The first-order valence-electron chi connectivity index (χ1n) is 9.45. The van der Waals surface area contributed by atoms with Crippen LogP contribution in [0.5, 0.6) is 5.75 Å². The number of benzene rings is 2. The highest BCUT2D eigenvalue weighted by Crippen LogP contribution is 2.25. The van der Waals surface area contributed by atoms with Gasteiger partial charge in [0.15, 0.2) is 0 Å². The van der Waals surface area contributed by atoms with Gasteiger partial charge in [-0.05, 0) is 42.2 Å². The first kappa shape index (κ1) is 19.7. The summed E-state index contributed by atoms with van der Waals surface area (Å²) in [6.45, 7) is 6.58. The lowest BCUT2D eigenvalue weighted by molar-refractivity contribution is 0.384. The van der Waals surface area contributed by atoms with Crippen molar-refractivity contribution < 1.29 is 13.2 Å². The van der Waals surface area contributed by atoms with Gasteiger partial charge < -0.3 is 9.64 Å². The summed E-state index contributed by atoms with van der Waals surface area (Å²) in [5.74, 6) is 1.25. The number of nitrogens with zero attached hydrogens (tertiary/aromatic N) is 2. The van der Waals surface area contributed by atoms with Crippen molar-refractivity contribution in [3.63, 3.8) is 0 Å². The lowest BCUT2D eigenvalue weighted by atomic mass is 9.99. The standard InChI is InChI=1S/C21H28N2O3S/c1-4-17(2)18-8-10-21(11-9-18)27(24,25)23-14-12-22(13-15-23)19-6-5-7-20(16-19)26-3/h5-11,16-17H,4,12-15H2,1-3H3. The second-order valence-electron chi connectivity index (χ2n) is 6.97. The van der Waals surface area contributed by atoms with E-state index in [2.05, 4.69) is 18.7 Å². The summed E-state index contributed by atoms with van der Waals surface area (Å²) >= 11 is 0. The second-order valence-corrected chi connectivity index (χ2v) is 8.91. The summed E-state index contributed by atoms with van der Waals surface area (Å²) in [5, 5.41) is 0. The predicted molar refractivity (Wildman–Crippen MR) is 109 cm³/mol. The van der Waals surface area contributed by atoms with E-state index >= 15 is 0 Å². The average molecular weight is 389 g/mol. The summed E-state index contributed by atoms with van der Waals surface area (Å²) in [5.41, 5.74) is 2.24. The minimum absolute atomic E-state index is 0.379. The molecule has 0 spiro atoms. The van der Waals surface area contributed by atoms with Crippen LogP contribution >= 0.6 is 0 Å². The van der Waals surface area contributed by atoms with Crippen LogP contribution in [0.15, 0.2) is 53.4 Å². The van der Waals surface area contributed by atoms with Crippen molar-refractivity contribution in [3.05, 3.63) is 54.1 Å². The van der Waals surface area contributed by atoms with Gasteiger partial charge in [-0.25, -0.2) is 8.42 Å². The van der Waals surface area contributed by atoms with Gasteiger partial charge in [0.1, 0.15) is 5.75 Å². The highest BCUT2D eigenvalue weighted by molar-refractivity contribution is 7.89. The Morgan fingerprint density at radius 2 is 1.70 bits per heavy atom. The zero-order valence-corrected chi connectivity index (χ0v) is 17.1. The van der Waals surface area contributed by atoms with Crippen molar-refractivity contribution in [2.45, 2.75) is 31.1 Å². The minimum atomic E-state index is -3.45. The maximum absolute atomic E-state index is 13.0. The van der Waals surface area contributed by atoms with Crippen LogP contribution in [0.1, 0.15) is 31.7 Å². The van der Waals surface area contributed by atoms with E-state index in [1.54, 1.807) is 23.5 Å². The fourth-order valence-corrected chi connectivity index (χ4v) is 4.77. The van der Waals surface area contributed by atoms with Crippen LogP contribution in [0, 0.1) is 0 Å². The van der Waals surface area contributed by atoms with E-state index in [1.807, 2.05) is 36.4 Å². The minimum Gasteiger partial charge on any atom is -0.497 e. The quantitative estimate of drug-likeness (QED) is 0.757. The molecule has 146 valence electrons. The third-order valence-corrected chi connectivity index (χ3v) is 7.27. The van der Waals surface area contributed by atoms with Gasteiger partial charge in [0.25, 0.3) is 0 Å². The molecule has 0 bridgehead atoms. The number of rotatable bonds is 6. The third kappa shape index (κ3) is 4.28. The molecule has 2 aromatic rings. The van der Waals surface area contributed by atoms with E-state index in [1.165, 1.54) is 5.56 Å². The van der Waals surface area contributed by atoms with Gasteiger partial charge in [-0.1, -0.05) is 32.0 Å². The van der Waals surface area contributed by atoms with Gasteiger partial charge in [-0.15, -0.1) is 0 Å². The van der Waals surface area contributed by atoms with Crippen LogP contribution in [0.25, 0.3) is 0 Å². The Labute approximate surface area is 162 Å². The maximum Gasteiger partial charge on any atom is 0.243 e. The Morgan fingerprint density at radius 1 is 1.04 bits per heavy atom. The molecule has 1 aliphatic heterocycles. The first-order valence-corrected chi connectivity index (χ1v) is 10.9. The Kier molecular flexibility index (Phi) is 6.07. The van der Waals surface area contributed by atoms with Gasteiger partial charge in [-0.2, -0.15) is 4.31 Å². The van der Waals surface area contributed by atoms with Crippen molar-refractivity contribution in [1.29, 1.82) is 0 Å². The average Bonchev–Trinajstić information content (AvgIpc) is 2.73. The molecule has 1 aliphatic rings. The van der Waals surface area contributed by atoms with Crippen molar-refractivity contribution in [1.82, 2.24) is 4.31 Å². The molecule has 6 heteroatoms. The van der Waals surface area contributed by atoms with Crippen LogP contribution < -0.4 is 9.64 Å². The van der Waals surface area contributed by atoms with Crippen molar-refractivity contribution in [3.8, 4) is 5.75 Å². The number of piperazine rings is 1. The number of sulfonamides is 1. The monoisotopic (exact) mass is 388 g/mol. The molecule has 1 atom stereocenters. The second kappa shape index (κ2) is 8.31. The highest BCUT2D eigenvalue weighted by atomic mass is 32.2. The highest BCUT2D eigenvalue weighted by Gasteiger charge is 2.28. The van der Waals surface area contributed by atoms with E-state index in [-0.39, 0.29) is 0 Å². The fraction of sp³-hybridized carbons (Fsp3) is 0.429. The van der Waals surface area contributed by atoms with Crippen LogP contribution in [0.2, 0.25) is 0 Å². The van der Waals surface area contributed by atoms with Crippen molar-refractivity contribution >= 4 is 15.7 Å². The largest absolute Gasteiger partial charge is 0.497 e. The molecule has 0 amide bonds. The molecule has 1 fully saturated rings. The molecular weight excluding hydrogens is 360 g/mol. The fourth-order valence-electron chi connectivity index (χ4n) is 3.35. The smallest absolute Gasteiger partial charge is 0.243 e. The van der Waals surface area contributed by atoms with E-state index in [4.69, 9.17) is 4.74 Å². The Morgan fingerprint density at radius 3 is 2.30 bits per heavy atom. The third-order valence-electron chi connectivity index (χ3n) is 5.36.